The molecule has 0 radical (unpaired) electrons. The zero-order valence-corrected chi connectivity index (χ0v) is 20.5. The third-order valence-corrected chi connectivity index (χ3v) is 8.12. The average Bonchev–Trinajstić information content (AvgIpc) is 3.26. The predicted octanol–water partition coefficient (Wildman–Crippen LogP) is 1.44. The Hall–Kier alpha value is -2.25. The molecule has 2 aliphatic rings. The van der Waals surface area contributed by atoms with Gasteiger partial charge in [-0.3, -0.25) is 4.90 Å². The highest BCUT2D eigenvalue weighted by Gasteiger charge is 2.23. The second kappa shape index (κ2) is 9.94. The molecule has 0 aromatic carbocycles. The van der Waals surface area contributed by atoms with Crippen LogP contribution in [-0.4, -0.2) is 99.1 Å². The quantitative estimate of drug-likeness (QED) is 0.552. The Bertz CT molecular complexity index is 1130. The standard InChI is InChI=1S/C21H28N8O2S2/c1-22-21-23-12-15(13-24-21)19-25-17-11-16(14-27-3-5-29(6-4-27)33(2)30)32-18(17)20(26-19)28-7-9-31-10-8-28/h11-13H,3-10,14H2,1-2H3,(H,22,23,24). The van der Waals surface area contributed by atoms with Gasteiger partial charge in [0.25, 0.3) is 0 Å². The van der Waals surface area contributed by atoms with Gasteiger partial charge in [-0.15, -0.1) is 11.3 Å². The number of nitrogens with zero attached hydrogens (tertiary/aromatic N) is 7. The molecule has 0 amide bonds. The number of hydrogen-bond acceptors (Lipinski definition) is 10. The van der Waals surface area contributed by atoms with Crippen molar-refractivity contribution in [1.82, 2.24) is 29.1 Å². The van der Waals surface area contributed by atoms with E-state index in [4.69, 9.17) is 14.7 Å². The summed E-state index contributed by atoms with van der Waals surface area (Å²) in [4.78, 5) is 24.5. The molecular weight excluding hydrogens is 460 g/mol. The molecule has 176 valence electrons. The summed E-state index contributed by atoms with van der Waals surface area (Å²) < 4.78 is 20.4. The van der Waals surface area contributed by atoms with Gasteiger partial charge in [0.2, 0.25) is 5.95 Å². The van der Waals surface area contributed by atoms with Gasteiger partial charge < -0.3 is 15.0 Å². The molecule has 5 rings (SSSR count). The lowest BCUT2D eigenvalue weighted by molar-refractivity contribution is 0.122. The molecule has 0 bridgehead atoms. The van der Waals surface area contributed by atoms with Gasteiger partial charge in [0.15, 0.2) is 11.6 Å². The van der Waals surface area contributed by atoms with Crippen LogP contribution in [0.25, 0.3) is 21.6 Å². The van der Waals surface area contributed by atoms with Crippen LogP contribution in [0, 0.1) is 0 Å². The van der Waals surface area contributed by atoms with Crippen LogP contribution < -0.4 is 10.2 Å². The molecule has 3 aromatic rings. The molecule has 2 saturated heterocycles. The van der Waals surface area contributed by atoms with E-state index in [2.05, 4.69) is 31.2 Å². The summed E-state index contributed by atoms with van der Waals surface area (Å²) in [7, 11) is 0.900. The fraction of sp³-hybridized carbons (Fsp3) is 0.524. The first-order valence-electron chi connectivity index (χ1n) is 11.0. The third kappa shape index (κ3) is 4.99. The molecule has 0 aliphatic carbocycles. The molecular formula is C21H28N8O2S2. The normalized spacial score (nSPS) is 19.2. The Morgan fingerprint density at radius 3 is 2.48 bits per heavy atom. The number of nitrogens with one attached hydrogen (secondary N) is 1. The lowest BCUT2D eigenvalue weighted by atomic mass is 10.3. The summed E-state index contributed by atoms with van der Waals surface area (Å²) in [5, 5.41) is 2.94. The Labute approximate surface area is 199 Å². The van der Waals surface area contributed by atoms with E-state index in [1.807, 2.05) is 4.31 Å². The molecule has 2 fully saturated rings. The van der Waals surface area contributed by atoms with Crippen molar-refractivity contribution >= 4 is 44.3 Å². The van der Waals surface area contributed by atoms with Gasteiger partial charge in [-0.1, -0.05) is 0 Å². The van der Waals surface area contributed by atoms with Gasteiger partial charge in [0.05, 0.1) is 40.0 Å². The zero-order chi connectivity index (χ0) is 22.8. The molecule has 3 aromatic heterocycles. The highest BCUT2D eigenvalue weighted by atomic mass is 32.2. The van der Waals surface area contributed by atoms with E-state index >= 15 is 0 Å². The van der Waals surface area contributed by atoms with E-state index in [0.717, 1.165) is 67.4 Å². The molecule has 33 heavy (non-hydrogen) atoms. The Balaban J connectivity index is 1.45. The summed E-state index contributed by atoms with van der Waals surface area (Å²) in [6.07, 6.45) is 5.27. The number of aromatic nitrogens is 4. The number of anilines is 2. The van der Waals surface area contributed by atoms with Gasteiger partial charge in [-0.25, -0.2) is 28.5 Å². The van der Waals surface area contributed by atoms with Crippen molar-refractivity contribution in [3.63, 3.8) is 0 Å². The topological polar surface area (TPSA) is 99.6 Å². The minimum Gasteiger partial charge on any atom is -0.378 e. The first kappa shape index (κ1) is 22.5. The Morgan fingerprint density at radius 2 is 1.82 bits per heavy atom. The van der Waals surface area contributed by atoms with Crippen LogP contribution in [-0.2, 0) is 22.3 Å². The predicted molar refractivity (Wildman–Crippen MR) is 132 cm³/mol. The Kier molecular flexibility index (Phi) is 6.79. The number of fused-ring (bicyclic) bond motifs is 1. The van der Waals surface area contributed by atoms with Crippen molar-refractivity contribution in [1.29, 1.82) is 0 Å². The Morgan fingerprint density at radius 1 is 1.09 bits per heavy atom. The van der Waals surface area contributed by atoms with Crippen LogP contribution in [0.5, 0.6) is 0 Å². The molecule has 1 atom stereocenters. The highest BCUT2D eigenvalue weighted by molar-refractivity contribution is 7.81. The number of piperazine rings is 1. The zero-order valence-electron chi connectivity index (χ0n) is 18.9. The van der Waals surface area contributed by atoms with Crippen LogP contribution in [0.15, 0.2) is 18.5 Å². The first-order chi connectivity index (χ1) is 16.1. The monoisotopic (exact) mass is 488 g/mol. The minimum absolute atomic E-state index is 0.568. The summed E-state index contributed by atoms with van der Waals surface area (Å²) in [5.74, 6) is 2.16. The smallest absolute Gasteiger partial charge is 0.222 e. The van der Waals surface area contributed by atoms with E-state index in [1.165, 1.54) is 4.88 Å². The van der Waals surface area contributed by atoms with Gasteiger partial charge in [0, 0.05) is 76.4 Å². The van der Waals surface area contributed by atoms with Crippen molar-refractivity contribution in [3.05, 3.63) is 23.3 Å². The van der Waals surface area contributed by atoms with Crippen molar-refractivity contribution in [3.8, 4) is 11.4 Å². The van der Waals surface area contributed by atoms with Crippen LogP contribution >= 0.6 is 11.3 Å². The fourth-order valence-corrected chi connectivity index (χ4v) is 5.93. The van der Waals surface area contributed by atoms with Crippen LogP contribution in [0.3, 0.4) is 0 Å². The van der Waals surface area contributed by atoms with Gasteiger partial charge >= 0.3 is 0 Å². The second-order valence-electron chi connectivity index (χ2n) is 8.07. The van der Waals surface area contributed by atoms with Crippen LogP contribution in [0.1, 0.15) is 4.88 Å². The second-order valence-corrected chi connectivity index (χ2v) is 10.6. The lowest BCUT2D eigenvalue weighted by Crippen LogP contribution is -2.46. The van der Waals surface area contributed by atoms with E-state index in [9.17, 15) is 4.21 Å². The number of thiophene rings is 1. The molecule has 0 saturated carbocycles. The van der Waals surface area contributed by atoms with Crippen molar-refractivity contribution in [2.75, 3.05) is 76.0 Å². The molecule has 0 spiro atoms. The number of ether oxygens (including phenoxy) is 1. The molecule has 12 heteroatoms. The minimum atomic E-state index is -0.894. The SMILES string of the molecule is CNc1ncc(-c2nc(N3CCOCC3)c3sc(CN4CCN(S(C)=O)CC4)cc3n2)cn1. The van der Waals surface area contributed by atoms with Gasteiger partial charge in [-0.05, 0) is 6.07 Å². The maximum absolute atomic E-state index is 11.7. The first-order valence-corrected chi connectivity index (χ1v) is 13.4. The van der Waals surface area contributed by atoms with Gasteiger partial charge in [0.1, 0.15) is 0 Å². The fourth-order valence-electron chi connectivity index (χ4n) is 4.10. The molecule has 1 unspecified atom stereocenters. The van der Waals surface area contributed by atoms with E-state index in [1.54, 1.807) is 37.0 Å². The maximum Gasteiger partial charge on any atom is 0.222 e. The number of morpholine rings is 1. The largest absolute Gasteiger partial charge is 0.378 e. The number of hydrogen-bond donors (Lipinski definition) is 1. The summed E-state index contributed by atoms with van der Waals surface area (Å²) in [6, 6.07) is 2.18. The number of rotatable bonds is 6. The van der Waals surface area contributed by atoms with E-state index in [0.29, 0.717) is 25.0 Å². The van der Waals surface area contributed by atoms with Crippen molar-refractivity contribution < 1.29 is 8.95 Å². The molecule has 2 aliphatic heterocycles. The highest BCUT2D eigenvalue weighted by Crippen LogP contribution is 2.35. The molecule has 1 N–H and O–H groups in total. The maximum atomic E-state index is 11.7. The third-order valence-electron chi connectivity index (χ3n) is 5.92. The van der Waals surface area contributed by atoms with Crippen LogP contribution in [0.2, 0.25) is 0 Å². The van der Waals surface area contributed by atoms with E-state index in [-0.39, 0.29) is 0 Å². The lowest BCUT2D eigenvalue weighted by Gasteiger charge is -2.32. The van der Waals surface area contributed by atoms with Crippen LogP contribution in [0.4, 0.5) is 11.8 Å². The average molecular weight is 489 g/mol. The van der Waals surface area contributed by atoms with Crippen molar-refractivity contribution in [2.24, 2.45) is 0 Å². The summed E-state index contributed by atoms with van der Waals surface area (Å²) >= 11 is 1.76. The van der Waals surface area contributed by atoms with E-state index < -0.39 is 11.0 Å². The summed E-state index contributed by atoms with van der Waals surface area (Å²) in [6.45, 7) is 7.37. The molecule has 5 heterocycles. The van der Waals surface area contributed by atoms with Gasteiger partial charge in [-0.2, -0.15) is 0 Å². The van der Waals surface area contributed by atoms with Crippen molar-refractivity contribution in [2.45, 2.75) is 6.54 Å². The molecule has 10 nitrogen and oxygen atoms in total. The summed E-state index contributed by atoms with van der Waals surface area (Å²) in [5.41, 5.74) is 1.74.